The number of rotatable bonds is 6. The van der Waals surface area contributed by atoms with Gasteiger partial charge in [0.2, 0.25) is 5.90 Å². The standard InChI is InChI=1S/C24H16N2O7/c1-31-19-12-8-15(9-13-19)22-25-20(24(28)33-22)14-17-4-2-3-5-21(17)32-23(27)16-6-10-18(11-7-16)26(29)30/h2-14H,1H3/b20-14+. The zero-order chi connectivity index (χ0) is 23.4. The highest BCUT2D eigenvalue weighted by Crippen LogP contribution is 2.26. The van der Waals surface area contributed by atoms with Crippen LogP contribution in [0.15, 0.2) is 83.5 Å². The lowest BCUT2D eigenvalue weighted by Crippen LogP contribution is -2.09. The Kier molecular flexibility index (Phi) is 5.94. The molecule has 0 bridgehead atoms. The van der Waals surface area contributed by atoms with Crippen molar-refractivity contribution in [2.75, 3.05) is 7.11 Å². The predicted octanol–water partition coefficient (Wildman–Crippen LogP) is 4.17. The maximum absolute atomic E-state index is 12.5. The van der Waals surface area contributed by atoms with E-state index in [1.807, 2.05) is 0 Å². The largest absolute Gasteiger partial charge is 0.497 e. The number of nitro groups is 1. The Hall–Kier alpha value is -4.79. The number of nitrogens with zero attached hydrogens (tertiary/aromatic N) is 2. The molecule has 0 saturated carbocycles. The average Bonchev–Trinajstić information content (AvgIpc) is 3.20. The molecule has 0 fully saturated rings. The molecular weight excluding hydrogens is 428 g/mol. The van der Waals surface area contributed by atoms with Crippen LogP contribution in [-0.2, 0) is 9.53 Å². The SMILES string of the molecule is COc1ccc(C2=N/C(=C/c3ccccc3OC(=O)c3ccc([N+](=O)[O-])cc3)C(=O)O2)cc1. The van der Waals surface area contributed by atoms with Gasteiger partial charge in [0, 0.05) is 23.3 Å². The van der Waals surface area contributed by atoms with Gasteiger partial charge in [-0.15, -0.1) is 0 Å². The number of carbonyl (C=O) groups is 2. The van der Waals surface area contributed by atoms with Crippen molar-refractivity contribution in [2.45, 2.75) is 0 Å². The van der Waals surface area contributed by atoms with Gasteiger partial charge in [0.25, 0.3) is 5.69 Å². The van der Waals surface area contributed by atoms with E-state index < -0.39 is 16.9 Å². The van der Waals surface area contributed by atoms with Crippen LogP contribution in [0.4, 0.5) is 5.69 Å². The van der Waals surface area contributed by atoms with Gasteiger partial charge in [-0.1, -0.05) is 18.2 Å². The number of nitro benzene ring substituents is 1. The third-order valence-corrected chi connectivity index (χ3v) is 4.69. The molecule has 0 amide bonds. The Balaban J connectivity index is 1.57. The lowest BCUT2D eigenvalue weighted by Gasteiger charge is -2.07. The van der Waals surface area contributed by atoms with Crippen LogP contribution in [0, 0.1) is 10.1 Å². The second-order valence-corrected chi connectivity index (χ2v) is 6.80. The summed E-state index contributed by atoms with van der Waals surface area (Å²) in [6, 6.07) is 18.5. The summed E-state index contributed by atoms with van der Waals surface area (Å²) in [7, 11) is 1.55. The summed E-state index contributed by atoms with van der Waals surface area (Å²) >= 11 is 0. The van der Waals surface area contributed by atoms with Gasteiger partial charge in [-0.2, -0.15) is 0 Å². The molecule has 0 aliphatic carbocycles. The Morgan fingerprint density at radius 1 is 1.03 bits per heavy atom. The van der Waals surface area contributed by atoms with E-state index in [-0.39, 0.29) is 28.6 Å². The van der Waals surface area contributed by atoms with Gasteiger partial charge in [-0.3, -0.25) is 10.1 Å². The Morgan fingerprint density at radius 3 is 2.39 bits per heavy atom. The summed E-state index contributed by atoms with van der Waals surface area (Å²) in [5, 5.41) is 10.8. The summed E-state index contributed by atoms with van der Waals surface area (Å²) in [4.78, 5) is 39.3. The fourth-order valence-corrected chi connectivity index (χ4v) is 2.98. The van der Waals surface area contributed by atoms with Gasteiger partial charge < -0.3 is 14.2 Å². The number of esters is 2. The van der Waals surface area contributed by atoms with Crippen molar-refractivity contribution >= 4 is 29.6 Å². The molecule has 164 valence electrons. The summed E-state index contributed by atoms with van der Waals surface area (Å²) in [5.41, 5.74) is 1.08. The fourth-order valence-electron chi connectivity index (χ4n) is 2.98. The molecule has 33 heavy (non-hydrogen) atoms. The van der Waals surface area contributed by atoms with Crippen molar-refractivity contribution < 1.29 is 28.7 Å². The van der Waals surface area contributed by atoms with Crippen molar-refractivity contribution in [3.05, 3.63) is 105 Å². The van der Waals surface area contributed by atoms with Gasteiger partial charge in [0.1, 0.15) is 11.5 Å². The predicted molar refractivity (Wildman–Crippen MR) is 118 cm³/mol. The number of para-hydroxylation sites is 1. The van der Waals surface area contributed by atoms with E-state index in [1.165, 1.54) is 30.3 Å². The number of cyclic esters (lactones) is 1. The van der Waals surface area contributed by atoms with E-state index in [1.54, 1.807) is 55.6 Å². The zero-order valence-corrected chi connectivity index (χ0v) is 17.3. The molecule has 1 aliphatic rings. The van der Waals surface area contributed by atoms with E-state index in [2.05, 4.69) is 4.99 Å². The smallest absolute Gasteiger partial charge is 0.363 e. The van der Waals surface area contributed by atoms with E-state index in [4.69, 9.17) is 14.2 Å². The Morgan fingerprint density at radius 2 is 1.73 bits per heavy atom. The lowest BCUT2D eigenvalue weighted by molar-refractivity contribution is -0.384. The Bertz CT molecular complexity index is 1290. The molecule has 1 heterocycles. The molecule has 0 N–H and O–H groups in total. The topological polar surface area (TPSA) is 117 Å². The summed E-state index contributed by atoms with van der Waals surface area (Å²) in [6.07, 6.45) is 1.46. The molecule has 9 heteroatoms. The maximum atomic E-state index is 12.5. The number of non-ortho nitro benzene ring substituents is 1. The number of carbonyl (C=O) groups excluding carboxylic acids is 2. The minimum atomic E-state index is -0.702. The van der Waals surface area contributed by atoms with E-state index >= 15 is 0 Å². The van der Waals surface area contributed by atoms with Gasteiger partial charge in [-0.25, -0.2) is 14.6 Å². The highest BCUT2D eigenvalue weighted by molar-refractivity contribution is 6.13. The quantitative estimate of drug-likeness (QED) is 0.184. The minimum absolute atomic E-state index is 0.0413. The van der Waals surface area contributed by atoms with Crippen LogP contribution in [0.25, 0.3) is 6.08 Å². The molecule has 0 saturated heterocycles. The molecule has 0 aromatic heterocycles. The highest BCUT2D eigenvalue weighted by atomic mass is 16.6. The average molecular weight is 444 g/mol. The van der Waals surface area contributed by atoms with Crippen molar-refractivity contribution in [1.29, 1.82) is 0 Å². The highest BCUT2D eigenvalue weighted by Gasteiger charge is 2.25. The van der Waals surface area contributed by atoms with Crippen LogP contribution < -0.4 is 9.47 Å². The van der Waals surface area contributed by atoms with E-state index in [0.29, 0.717) is 16.9 Å². The summed E-state index contributed by atoms with van der Waals surface area (Å²) in [6.45, 7) is 0. The van der Waals surface area contributed by atoms with Crippen molar-refractivity contribution in [2.24, 2.45) is 4.99 Å². The molecule has 1 aliphatic heterocycles. The first kappa shape index (κ1) is 21.4. The normalized spacial score (nSPS) is 13.9. The molecule has 0 spiro atoms. The number of aliphatic imine (C=N–C) groups is 1. The first-order valence-electron chi connectivity index (χ1n) is 9.67. The van der Waals surface area contributed by atoms with Gasteiger partial charge in [0.05, 0.1) is 17.6 Å². The lowest BCUT2D eigenvalue weighted by atomic mass is 10.1. The number of benzene rings is 3. The van der Waals surface area contributed by atoms with Crippen LogP contribution >= 0.6 is 0 Å². The van der Waals surface area contributed by atoms with Gasteiger partial charge >= 0.3 is 11.9 Å². The second-order valence-electron chi connectivity index (χ2n) is 6.80. The fraction of sp³-hybridized carbons (Fsp3) is 0.0417. The first-order valence-corrected chi connectivity index (χ1v) is 9.67. The number of hydrogen-bond acceptors (Lipinski definition) is 8. The number of methoxy groups -OCH3 is 1. The second kappa shape index (κ2) is 9.15. The first-order chi connectivity index (χ1) is 15.9. The van der Waals surface area contributed by atoms with Gasteiger partial charge in [0.15, 0.2) is 5.70 Å². The number of ether oxygens (including phenoxy) is 3. The van der Waals surface area contributed by atoms with E-state index in [9.17, 15) is 19.7 Å². The molecule has 9 nitrogen and oxygen atoms in total. The molecule has 0 unspecified atom stereocenters. The van der Waals surface area contributed by atoms with Gasteiger partial charge in [-0.05, 0) is 48.5 Å². The Labute approximate surface area is 187 Å². The molecule has 3 aromatic carbocycles. The van der Waals surface area contributed by atoms with Crippen LogP contribution in [0.1, 0.15) is 21.5 Å². The summed E-state index contributed by atoms with van der Waals surface area (Å²) in [5.74, 6) is -0.351. The van der Waals surface area contributed by atoms with Crippen LogP contribution in [0.5, 0.6) is 11.5 Å². The van der Waals surface area contributed by atoms with Crippen molar-refractivity contribution in [3.8, 4) is 11.5 Å². The third-order valence-electron chi connectivity index (χ3n) is 4.69. The van der Waals surface area contributed by atoms with Crippen molar-refractivity contribution in [1.82, 2.24) is 0 Å². The molecule has 3 aromatic rings. The van der Waals surface area contributed by atoms with Crippen molar-refractivity contribution in [3.63, 3.8) is 0 Å². The van der Waals surface area contributed by atoms with Crippen LogP contribution in [-0.4, -0.2) is 29.9 Å². The third kappa shape index (κ3) is 4.77. The minimum Gasteiger partial charge on any atom is -0.497 e. The van der Waals surface area contributed by atoms with Crippen LogP contribution in [0.2, 0.25) is 0 Å². The summed E-state index contributed by atoms with van der Waals surface area (Å²) < 4.78 is 15.8. The molecule has 0 radical (unpaired) electrons. The molecular formula is C24H16N2O7. The zero-order valence-electron chi connectivity index (χ0n) is 17.3. The molecule has 4 rings (SSSR count). The van der Waals surface area contributed by atoms with Crippen LogP contribution in [0.3, 0.4) is 0 Å². The van der Waals surface area contributed by atoms with E-state index in [0.717, 1.165) is 0 Å². The molecule has 0 atom stereocenters. The monoisotopic (exact) mass is 444 g/mol. The number of hydrogen-bond donors (Lipinski definition) is 0. The maximum Gasteiger partial charge on any atom is 0.363 e.